The molecule has 0 aromatic heterocycles. The van der Waals surface area contributed by atoms with Crippen LogP contribution in [-0.4, -0.2) is 57.4 Å². The molecule has 1 aliphatic heterocycles. The molecule has 0 radical (unpaired) electrons. The quantitative estimate of drug-likeness (QED) is 0.302. The number of ether oxygens (including phenoxy) is 2. The summed E-state index contributed by atoms with van der Waals surface area (Å²) in [4.78, 5) is 7.01. The highest BCUT2D eigenvalue weighted by molar-refractivity contribution is 14.0. The van der Waals surface area contributed by atoms with Crippen LogP contribution >= 0.6 is 24.0 Å². The Balaban J connectivity index is 0.00000288. The topological polar surface area (TPSA) is 46.1 Å². The molecule has 0 bridgehead atoms. The molecule has 1 aromatic rings. The second-order valence-electron chi connectivity index (χ2n) is 5.95. The van der Waals surface area contributed by atoms with E-state index in [4.69, 9.17) is 9.47 Å². The van der Waals surface area contributed by atoms with Gasteiger partial charge in [-0.25, -0.2) is 4.99 Å². The van der Waals surface area contributed by atoms with Gasteiger partial charge in [-0.1, -0.05) is 17.7 Å². The summed E-state index contributed by atoms with van der Waals surface area (Å²) in [5.41, 5.74) is 1.24. The van der Waals surface area contributed by atoms with Crippen LogP contribution < -0.4 is 10.1 Å². The number of hydrogen-bond acceptors (Lipinski definition) is 3. The molecule has 0 aliphatic carbocycles. The summed E-state index contributed by atoms with van der Waals surface area (Å²) < 4.78 is 11.0. The zero-order valence-corrected chi connectivity index (χ0v) is 17.3. The number of hydrogen-bond donors (Lipinski definition) is 1. The largest absolute Gasteiger partial charge is 0.492 e. The first-order chi connectivity index (χ1) is 11.2. The second kappa shape index (κ2) is 11.5. The number of rotatable bonds is 7. The molecule has 0 spiro atoms. The molecule has 1 unspecified atom stereocenters. The number of guanidine groups is 1. The predicted octanol–water partition coefficient (Wildman–Crippen LogP) is 2.93. The molecule has 1 N–H and O–H groups in total. The molecule has 0 saturated carbocycles. The van der Waals surface area contributed by atoms with E-state index >= 15 is 0 Å². The maximum absolute atomic E-state index is 5.74. The highest BCUT2D eigenvalue weighted by Crippen LogP contribution is 2.16. The van der Waals surface area contributed by atoms with E-state index in [1.54, 1.807) is 7.11 Å². The van der Waals surface area contributed by atoms with Crippen molar-refractivity contribution < 1.29 is 9.47 Å². The zero-order chi connectivity index (χ0) is 16.5. The fraction of sp³-hybridized carbons (Fsp3) is 0.611. The SMILES string of the molecule is CCNC(=NCCOc1ccc(C)cc1)N1CCC(COC)C1.I. The van der Waals surface area contributed by atoms with Crippen molar-refractivity contribution in [2.75, 3.05) is 46.5 Å². The molecule has 1 heterocycles. The summed E-state index contributed by atoms with van der Waals surface area (Å²) in [6.07, 6.45) is 1.16. The van der Waals surface area contributed by atoms with Crippen molar-refractivity contribution in [1.82, 2.24) is 10.2 Å². The van der Waals surface area contributed by atoms with E-state index < -0.39 is 0 Å². The number of aryl methyl sites for hydroxylation is 1. The number of benzene rings is 1. The minimum atomic E-state index is 0. The van der Waals surface area contributed by atoms with Crippen LogP contribution in [0, 0.1) is 12.8 Å². The van der Waals surface area contributed by atoms with E-state index in [-0.39, 0.29) is 24.0 Å². The predicted molar refractivity (Wildman–Crippen MR) is 110 cm³/mol. The summed E-state index contributed by atoms with van der Waals surface area (Å²) >= 11 is 0. The van der Waals surface area contributed by atoms with Crippen molar-refractivity contribution in [3.63, 3.8) is 0 Å². The Hall–Kier alpha value is -1.02. The highest BCUT2D eigenvalue weighted by Gasteiger charge is 2.24. The molecule has 24 heavy (non-hydrogen) atoms. The molecule has 1 atom stereocenters. The smallest absolute Gasteiger partial charge is 0.194 e. The molecule has 1 aliphatic rings. The third kappa shape index (κ3) is 6.84. The molecule has 1 fully saturated rings. The summed E-state index contributed by atoms with van der Waals surface area (Å²) in [7, 11) is 1.77. The fourth-order valence-corrected chi connectivity index (χ4v) is 2.77. The van der Waals surface area contributed by atoms with Gasteiger partial charge >= 0.3 is 0 Å². The van der Waals surface area contributed by atoms with Crippen molar-refractivity contribution in [2.45, 2.75) is 20.3 Å². The molecule has 5 nitrogen and oxygen atoms in total. The normalized spacial score (nSPS) is 17.5. The van der Waals surface area contributed by atoms with Crippen LogP contribution in [0.2, 0.25) is 0 Å². The van der Waals surface area contributed by atoms with Gasteiger partial charge in [0.25, 0.3) is 0 Å². The minimum Gasteiger partial charge on any atom is -0.492 e. The van der Waals surface area contributed by atoms with Crippen molar-refractivity contribution >= 4 is 29.9 Å². The fourth-order valence-electron chi connectivity index (χ4n) is 2.77. The second-order valence-corrected chi connectivity index (χ2v) is 5.95. The lowest BCUT2D eigenvalue weighted by molar-refractivity contribution is 0.157. The van der Waals surface area contributed by atoms with Crippen molar-refractivity contribution in [2.24, 2.45) is 10.9 Å². The third-order valence-electron chi connectivity index (χ3n) is 3.97. The van der Waals surface area contributed by atoms with E-state index in [1.807, 2.05) is 12.1 Å². The summed E-state index contributed by atoms with van der Waals surface area (Å²) in [6.45, 7) is 9.17. The van der Waals surface area contributed by atoms with Gasteiger partial charge in [-0.05, 0) is 32.4 Å². The monoisotopic (exact) mass is 447 g/mol. The summed E-state index contributed by atoms with van der Waals surface area (Å²) in [5.74, 6) is 2.49. The number of halogens is 1. The molecule has 0 amide bonds. The Labute approximate surface area is 162 Å². The van der Waals surface area contributed by atoms with Crippen molar-refractivity contribution in [3.8, 4) is 5.75 Å². The van der Waals surface area contributed by atoms with Crippen LogP contribution in [0.25, 0.3) is 0 Å². The molecule has 6 heteroatoms. The van der Waals surface area contributed by atoms with E-state index in [9.17, 15) is 0 Å². The maximum atomic E-state index is 5.74. The first kappa shape index (κ1) is 21.0. The molecule has 1 saturated heterocycles. The van der Waals surface area contributed by atoms with Crippen LogP contribution in [0.5, 0.6) is 5.75 Å². The zero-order valence-electron chi connectivity index (χ0n) is 15.0. The van der Waals surface area contributed by atoms with Gasteiger partial charge in [0.1, 0.15) is 12.4 Å². The van der Waals surface area contributed by atoms with Crippen LogP contribution in [0.3, 0.4) is 0 Å². The van der Waals surface area contributed by atoms with Gasteiger partial charge in [0, 0.05) is 32.7 Å². The average Bonchev–Trinajstić information content (AvgIpc) is 3.01. The summed E-state index contributed by atoms with van der Waals surface area (Å²) in [6, 6.07) is 8.12. The van der Waals surface area contributed by atoms with Gasteiger partial charge in [-0.3, -0.25) is 0 Å². The van der Waals surface area contributed by atoms with E-state index in [2.05, 4.69) is 41.2 Å². The lowest BCUT2D eigenvalue weighted by Crippen LogP contribution is -2.40. The van der Waals surface area contributed by atoms with Gasteiger partial charge in [0.15, 0.2) is 5.96 Å². The molecule has 1 aromatic carbocycles. The van der Waals surface area contributed by atoms with Gasteiger partial charge in [-0.15, -0.1) is 24.0 Å². The Morgan fingerprint density at radius 3 is 2.75 bits per heavy atom. The van der Waals surface area contributed by atoms with Gasteiger partial charge in [0.2, 0.25) is 0 Å². The Bertz CT molecular complexity index is 494. The van der Waals surface area contributed by atoms with Crippen molar-refractivity contribution in [1.29, 1.82) is 0 Å². The first-order valence-corrected chi connectivity index (χ1v) is 8.44. The molecule has 2 rings (SSSR count). The minimum absolute atomic E-state index is 0. The Morgan fingerprint density at radius 1 is 1.33 bits per heavy atom. The number of nitrogens with zero attached hydrogens (tertiary/aromatic N) is 2. The van der Waals surface area contributed by atoms with Gasteiger partial charge in [0.05, 0.1) is 13.2 Å². The number of methoxy groups -OCH3 is 1. The Morgan fingerprint density at radius 2 is 2.08 bits per heavy atom. The molecular weight excluding hydrogens is 417 g/mol. The lowest BCUT2D eigenvalue weighted by Gasteiger charge is -2.21. The standard InChI is InChI=1S/C18H29N3O2.HI/c1-4-19-18(21-11-9-16(13-21)14-22-3)20-10-12-23-17-7-5-15(2)6-8-17;/h5-8,16H,4,9-14H2,1-3H3,(H,19,20);1H. The number of nitrogens with one attached hydrogen (secondary N) is 1. The maximum Gasteiger partial charge on any atom is 0.194 e. The van der Waals surface area contributed by atoms with E-state index in [1.165, 1.54) is 5.56 Å². The number of likely N-dealkylation sites (tertiary alicyclic amines) is 1. The van der Waals surface area contributed by atoms with Crippen LogP contribution in [0.1, 0.15) is 18.9 Å². The van der Waals surface area contributed by atoms with Crippen LogP contribution in [-0.2, 0) is 4.74 Å². The van der Waals surface area contributed by atoms with Gasteiger partial charge < -0.3 is 19.7 Å². The highest BCUT2D eigenvalue weighted by atomic mass is 127. The lowest BCUT2D eigenvalue weighted by atomic mass is 10.1. The Kier molecular flexibility index (Phi) is 10.1. The number of aliphatic imine (C=N–C) groups is 1. The third-order valence-corrected chi connectivity index (χ3v) is 3.97. The first-order valence-electron chi connectivity index (χ1n) is 8.44. The van der Waals surface area contributed by atoms with Crippen molar-refractivity contribution in [3.05, 3.63) is 29.8 Å². The van der Waals surface area contributed by atoms with Crippen LogP contribution in [0.15, 0.2) is 29.3 Å². The summed E-state index contributed by atoms with van der Waals surface area (Å²) in [5, 5.41) is 3.37. The van der Waals surface area contributed by atoms with Crippen LogP contribution in [0.4, 0.5) is 0 Å². The molecule has 136 valence electrons. The van der Waals surface area contributed by atoms with E-state index in [0.29, 0.717) is 19.1 Å². The molecular formula is C18H30IN3O2. The average molecular weight is 447 g/mol. The van der Waals surface area contributed by atoms with E-state index in [0.717, 1.165) is 44.4 Å². The van der Waals surface area contributed by atoms with Gasteiger partial charge in [-0.2, -0.15) is 0 Å².